The van der Waals surface area contributed by atoms with Gasteiger partial charge in [-0.3, -0.25) is 4.79 Å². The Hall–Kier alpha value is -2.07. The normalized spacial score (nSPS) is 16.1. The molecule has 0 spiro atoms. The number of aryl methyl sites for hydroxylation is 1. The molecule has 1 N–H and O–H groups in total. The van der Waals surface area contributed by atoms with Crippen LogP contribution in [0.1, 0.15) is 35.6 Å². The standard InChI is InChI=1S/C20H19BrN2O/c1-13-8-9-14-16(12-22-18(14)11-13)20(23-10-4-7-19(23)24)15-5-2-3-6-17(15)21/h2-3,5-6,8-9,11-12,20,22H,4,7,10H2,1H3. The van der Waals surface area contributed by atoms with Gasteiger partial charge in [0.25, 0.3) is 0 Å². The molecule has 1 fully saturated rings. The number of aromatic amines is 1. The molecule has 0 bridgehead atoms. The molecular formula is C20H19BrN2O. The van der Waals surface area contributed by atoms with Crippen molar-refractivity contribution in [3.05, 3.63) is 69.8 Å². The first-order chi connectivity index (χ1) is 11.6. The summed E-state index contributed by atoms with van der Waals surface area (Å²) in [6, 6.07) is 14.6. The van der Waals surface area contributed by atoms with Crippen LogP contribution in [0.5, 0.6) is 0 Å². The van der Waals surface area contributed by atoms with Crippen molar-refractivity contribution in [2.75, 3.05) is 6.54 Å². The second-order valence-electron chi connectivity index (χ2n) is 6.41. The molecule has 1 aromatic heterocycles. The minimum atomic E-state index is -0.0629. The number of H-pyrrole nitrogens is 1. The Bertz CT molecular complexity index is 915. The zero-order chi connectivity index (χ0) is 16.7. The smallest absolute Gasteiger partial charge is 0.223 e. The third kappa shape index (κ3) is 2.55. The first kappa shape index (κ1) is 15.5. The maximum atomic E-state index is 12.5. The van der Waals surface area contributed by atoms with E-state index >= 15 is 0 Å². The fourth-order valence-corrected chi connectivity index (χ4v) is 4.13. The molecule has 1 aliphatic heterocycles. The van der Waals surface area contributed by atoms with Crippen LogP contribution in [0.2, 0.25) is 0 Å². The highest BCUT2D eigenvalue weighted by atomic mass is 79.9. The molecule has 0 radical (unpaired) electrons. The zero-order valence-electron chi connectivity index (χ0n) is 13.6. The maximum Gasteiger partial charge on any atom is 0.223 e. The van der Waals surface area contributed by atoms with Gasteiger partial charge in [-0.05, 0) is 36.6 Å². The summed E-state index contributed by atoms with van der Waals surface area (Å²) in [4.78, 5) is 17.9. The molecule has 2 heterocycles. The molecule has 4 heteroatoms. The highest BCUT2D eigenvalue weighted by Crippen LogP contribution is 2.39. The first-order valence-corrected chi connectivity index (χ1v) is 9.06. The minimum absolute atomic E-state index is 0.0629. The number of carbonyl (C=O) groups is 1. The average molecular weight is 383 g/mol. The lowest BCUT2D eigenvalue weighted by atomic mass is 9.96. The lowest BCUT2D eigenvalue weighted by Gasteiger charge is -2.29. The number of likely N-dealkylation sites (tertiary alicyclic amines) is 1. The van der Waals surface area contributed by atoms with Crippen molar-refractivity contribution in [3.8, 4) is 0 Å². The molecule has 2 aromatic carbocycles. The number of benzene rings is 2. The number of amides is 1. The highest BCUT2D eigenvalue weighted by Gasteiger charge is 2.32. The van der Waals surface area contributed by atoms with Gasteiger partial charge in [-0.15, -0.1) is 0 Å². The van der Waals surface area contributed by atoms with Gasteiger partial charge in [0.1, 0.15) is 0 Å². The van der Waals surface area contributed by atoms with Gasteiger partial charge in [0.15, 0.2) is 0 Å². The zero-order valence-corrected chi connectivity index (χ0v) is 15.1. The molecule has 3 aromatic rings. The SMILES string of the molecule is Cc1ccc2c(C(c3ccccc3Br)N3CCCC3=O)c[nH]c2c1. The van der Waals surface area contributed by atoms with Crippen molar-refractivity contribution in [3.63, 3.8) is 0 Å². The van der Waals surface area contributed by atoms with E-state index in [1.807, 2.05) is 23.1 Å². The summed E-state index contributed by atoms with van der Waals surface area (Å²) < 4.78 is 1.04. The molecule has 3 nitrogen and oxygen atoms in total. The molecule has 0 aliphatic carbocycles. The predicted molar refractivity (Wildman–Crippen MR) is 100.0 cm³/mol. The Morgan fingerprint density at radius 3 is 2.75 bits per heavy atom. The molecule has 4 rings (SSSR count). The average Bonchev–Trinajstić information content (AvgIpc) is 3.17. The number of hydrogen-bond donors (Lipinski definition) is 1. The van der Waals surface area contributed by atoms with Gasteiger partial charge in [-0.25, -0.2) is 0 Å². The molecular weight excluding hydrogens is 364 g/mol. The van der Waals surface area contributed by atoms with Crippen LogP contribution < -0.4 is 0 Å². The molecule has 1 amide bonds. The summed E-state index contributed by atoms with van der Waals surface area (Å²) in [6.07, 6.45) is 3.63. The molecule has 24 heavy (non-hydrogen) atoms. The maximum absolute atomic E-state index is 12.5. The van der Waals surface area contributed by atoms with Gasteiger partial charge in [0, 0.05) is 40.1 Å². The van der Waals surface area contributed by atoms with Gasteiger partial charge in [-0.2, -0.15) is 0 Å². The van der Waals surface area contributed by atoms with Gasteiger partial charge in [0.05, 0.1) is 6.04 Å². The topological polar surface area (TPSA) is 36.1 Å². The van der Waals surface area contributed by atoms with E-state index in [1.165, 1.54) is 10.9 Å². The van der Waals surface area contributed by atoms with Crippen LogP contribution in [0.4, 0.5) is 0 Å². The highest BCUT2D eigenvalue weighted by molar-refractivity contribution is 9.10. The second kappa shape index (κ2) is 6.10. The molecule has 1 atom stereocenters. The quantitative estimate of drug-likeness (QED) is 0.683. The second-order valence-corrected chi connectivity index (χ2v) is 7.26. The largest absolute Gasteiger partial charge is 0.361 e. The summed E-state index contributed by atoms with van der Waals surface area (Å²) >= 11 is 3.68. The van der Waals surface area contributed by atoms with E-state index in [0.29, 0.717) is 6.42 Å². The summed E-state index contributed by atoms with van der Waals surface area (Å²) in [6.45, 7) is 2.90. The first-order valence-electron chi connectivity index (χ1n) is 8.26. The van der Waals surface area contributed by atoms with E-state index in [-0.39, 0.29) is 11.9 Å². The van der Waals surface area contributed by atoms with Crippen LogP contribution in [-0.4, -0.2) is 22.3 Å². The van der Waals surface area contributed by atoms with E-state index < -0.39 is 0 Å². The molecule has 1 saturated heterocycles. The van der Waals surface area contributed by atoms with Gasteiger partial charge >= 0.3 is 0 Å². The number of nitrogens with zero attached hydrogens (tertiary/aromatic N) is 1. The Balaban J connectivity index is 1.92. The fraction of sp³-hybridized carbons (Fsp3) is 0.250. The van der Waals surface area contributed by atoms with Crippen LogP contribution in [-0.2, 0) is 4.79 Å². The Morgan fingerprint density at radius 2 is 2.00 bits per heavy atom. The summed E-state index contributed by atoms with van der Waals surface area (Å²) in [5, 5.41) is 1.18. The molecule has 1 aliphatic rings. The lowest BCUT2D eigenvalue weighted by Crippen LogP contribution is -2.30. The number of rotatable bonds is 3. The van der Waals surface area contributed by atoms with Crippen molar-refractivity contribution in [1.82, 2.24) is 9.88 Å². The van der Waals surface area contributed by atoms with Crippen LogP contribution in [0.3, 0.4) is 0 Å². The summed E-state index contributed by atoms with van der Waals surface area (Å²) in [7, 11) is 0. The van der Waals surface area contributed by atoms with Gasteiger partial charge < -0.3 is 9.88 Å². The van der Waals surface area contributed by atoms with Crippen LogP contribution in [0.25, 0.3) is 10.9 Å². The van der Waals surface area contributed by atoms with Crippen LogP contribution in [0.15, 0.2) is 53.1 Å². The van der Waals surface area contributed by atoms with E-state index in [0.717, 1.165) is 34.1 Å². The monoisotopic (exact) mass is 382 g/mol. The summed E-state index contributed by atoms with van der Waals surface area (Å²) in [5.74, 6) is 0.234. The van der Waals surface area contributed by atoms with Crippen molar-refractivity contribution in [1.29, 1.82) is 0 Å². The number of carbonyl (C=O) groups excluding carboxylic acids is 1. The molecule has 122 valence electrons. The Morgan fingerprint density at radius 1 is 1.17 bits per heavy atom. The fourth-order valence-electron chi connectivity index (χ4n) is 3.63. The van der Waals surface area contributed by atoms with E-state index in [2.05, 4.69) is 58.3 Å². The Labute approximate surface area is 149 Å². The van der Waals surface area contributed by atoms with Crippen molar-refractivity contribution in [2.45, 2.75) is 25.8 Å². The molecule has 1 unspecified atom stereocenters. The van der Waals surface area contributed by atoms with Crippen molar-refractivity contribution >= 4 is 32.7 Å². The number of aromatic nitrogens is 1. The third-order valence-electron chi connectivity index (χ3n) is 4.79. The summed E-state index contributed by atoms with van der Waals surface area (Å²) in [5.41, 5.74) is 4.64. The van der Waals surface area contributed by atoms with Gasteiger partial charge in [0.2, 0.25) is 5.91 Å². The van der Waals surface area contributed by atoms with Crippen molar-refractivity contribution < 1.29 is 4.79 Å². The predicted octanol–water partition coefficient (Wildman–Crippen LogP) is 4.95. The van der Waals surface area contributed by atoms with E-state index in [4.69, 9.17) is 0 Å². The lowest BCUT2D eigenvalue weighted by molar-refractivity contribution is -0.129. The Kier molecular flexibility index (Phi) is 3.93. The number of nitrogens with one attached hydrogen (secondary N) is 1. The minimum Gasteiger partial charge on any atom is -0.361 e. The van der Waals surface area contributed by atoms with Crippen molar-refractivity contribution in [2.24, 2.45) is 0 Å². The molecule has 0 saturated carbocycles. The van der Waals surface area contributed by atoms with E-state index in [9.17, 15) is 4.79 Å². The third-order valence-corrected chi connectivity index (χ3v) is 5.51. The number of fused-ring (bicyclic) bond motifs is 1. The number of halogens is 1. The van der Waals surface area contributed by atoms with Crippen LogP contribution in [0, 0.1) is 6.92 Å². The van der Waals surface area contributed by atoms with Gasteiger partial charge in [-0.1, -0.05) is 46.3 Å². The van der Waals surface area contributed by atoms with Crippen LogP contribution >= 0.6 is 15.9 Å². The number of hydrogen-bond acceptors (Lipinski definition) is 1. The van der Waals surface area contributed by atoms with E-state index in [1.54, 1.807) is 0 Å².